The van der Waals surface area contributed by atoms with Crippen LogP contribution in [0.2, 0.25) is 0 Å². The van der Waals surface area contributed by atoms with Crippen molar-refractivity contribution in [3.05, 3.63) is 72.3 Å². The lowest BCUT2D eigenvalue weighted by atomic mass is 9.82. The number of aliphatic hydroxyl groups is 1. The summed E-state index contributed by atoms with van der Waals surface area (Å²) in [5.74, 6) is 0. The molecular weight excluding hydrogens is 314 g/mol. The Kier molecular flexibility index (Phi) is 4.38. The monoisotopic (exact) mass is 337 g/mol. The average molecular weight is 337 g/mol. The SMILES string of the molecule is CC(N[C@H]1C[C@@H](O)[C@@H]1n1cccn1)c1cnn(Cc2ccccc2)c1. The Morgan fingerprint density at radius 3 is 2.80 bits per heavy atom. The highest BCUT2D eigenvalue weighted by Crippen LogP contribution is 2.33. The molecule has 4 atom stereocenters. The van der Waals surface area contributed by atoms with Gasteiger partial charge in [0.1, 0.15) is 0 Å². The van der Waals surface area contributed by atoms with Crippen molar-refractivity contribution in [3.8, 4) is 0 Å². The molecule has 1 fully saturated rings. The molecule has 2 aromatic heterocycles. The highest BCUT2D eigenvalue weighted by molar-refractivity contribution is 5.17. The van der Waals surface area contributed by atoms with Crippen LogP contribution in [0.3, 0.4) is 0 Å². The Labute approximate surface area is 147 Å². The fraction of sp³-hybridized carbons (Fsp3) is 0.368. The number of aliphatic hydroxyl groups excluding tert-OH is 1. The van der Waals surface area contributed by atoms with Crippen molar-refractivity contribution in [3.63, 3.8) is 0 Å². The lowest BCUT2D eigenvalue weighted by Gasteiger charge is -2.43. The van der Waals surface area contributed by atoms with Gasteiger partial charge >= 0.3 is 0 Å². The number of nitrogens with zero attached hydrogens (tertiary/aromatic N) is 4. The van der Waals surface area contributed by atoms with Gasteiger partial charge in [-0.2, -0.15) is 10.2 Å². The topological polar surface area (TPSA) is 67.9 Å². The fourth-order valence-electron chi connectivity index (χ4n) is 3.47. The Morgan fingerprint density at radius 1 is 1.24 bits per heavy atom. The molecule has 1 saturated carbocycles. The second-order valence-corrected chi connectivity index (χ2v) is 6.73. The number of hydrogen-bond acceptors (Lipinski definition) is 4. The number of rotatable bonds is 6. The first-order valence-corrected chi connectivity index (χ1v) is 8.70. The van der Waals surface area contributed by atoms with Crippen LogP contribution in [-0.2, 0) is 6.54 Å². The third kappa shape index (κ3) is 3.36. The highest BCUT2D eigenvalue weighted by Gasteiger charge is 2.42. The van der Waals surface area contributed by atoms with Gasteiger partial charge in [0.2, 0.25) is 0 Å². The van der Waals surface area contributed by atoms with E-state index in [0.717, 1.165) is 18.5 Å². The summed E-state index contributed by atoms with van der Waals surface area (Å²) in [6, 6.07) is 12.6. The lowest BCUT2D eigenvalue weighted by molar-refractivity contribution is -0.0110. The molecule has 0 aliphatic heterocycles. The average Bonchev–Trinajstić information content (AvgIpc) is 3.27. The van der Waals surface area contributed by atoms with Gasteiger partial charge in [-0.05, 0) is 25.0 Å². The van der Waals surface area contributed by atoms with Crippen molar-refractivity contribution < 1.29 is 5.11 Å². The number of benzene rings is 1. The molecule has 25 heavy (non-hydrogen) atoms. The molecular formula is C19H23N5O. The third-order valence-electron chi connectivity index (χ3n) is 4.94. The van der Waals surface area contributed by atoms with Crippen molar-refractivity contribution in [2.24, 2.45) is 0 Å². The maximum Gasteiger partial charge on any atom is 0.0932 e. The summed E-state index contributed by atoms with van der Waals surface area (Å²) >= 11 is 0. The zero-order valence-electron chi connectivity index (χ0n) is 14.2. The van der Waals surface area contributed by atoms with Crippen LogP contribution in [0.5, 0.6) is 0 Å². The molecule has 1 aromatic carbocycles. The summed E-state index contributed by atoms with van der Waals surface area (Å²) in [5.41, 5.74) is 2.38. The van der Waals surface area contributed by atoms with Gasteiger partial charge in [0.15, 0.2) is 0 Å². The van der Waals surface area contributed by atoms with Crippen molar-refractivity contribution in [1.82, 2.24) is 24.9 Å². The molecule has 6 heteroatoms. The molecule has 0 amide bonds. The quantitative estimate of drug-likeness (QED) is 0.723. The van der Waals surface area contributed by atoms with E-state index in [4.69, 9.17) is 0 Å². The van der Waals surface area contributed by atoms with Gasteiger partial charge in [0.05, 0.1) is 24.9 Å². The third-order valence-corrected chi connectivity index (χ3v) is 4.94. The summed E-state index contributed by atoms with van der Waals surface area (Å²) in [4.78, 5) is 0. The fourth-order valence-corrected chi connectivity index (χ4v) is 3.47. The smallest absolute Gasteiger partial charge is 0.0932 e. The summed E-state index contributed by atoms with van der Waals surface area (Å²) in [6.45, 7) is 2.90. The first-order chi connectivity index (χ1) is 12.2. The maximum atomic E-state index is 10.1. The number of hydrogen-bond donors (Lipinski definition) is 2. The van der Waals surface area contributed by atoms with Gasteiger partial charge in [-0.25, -0.2) is 0 Å². The molecule has 2 N–H and O–H groups in total. The molecule has 1 aliphatic rings. The van der Waals surface area contributed by atoms with Crippen LogP contribution >= 0.6 is 0 Å². The van der Waals surface area contributed by atoms with E-state index in [1.54, 1.807) is 6.20 Å². The minimum Gasteiger partial charge on any atom is -0.391 e. The van der Waals surface area contributed by atoms with Crippen LogP contribution in [0.25, 0.3) is 0 Å². The summed E-state index contributed by atoms with van der Waals surface area (Å²) in [6.07, 6.45) is 8.06. The largest absolute Gasteiger partial charge is 0.391 e. The predicted molar refractivity (Wildman–Crippen MR) is 95.0 cm³/mol. The van der Waals surface area contributed by atoms with Crippen LogP contribution < -0.4 is 5.32 Å². The van der Waals surface area contributed by atoms with Crippen molar-refractivity contribution in [1.29, 1.82) is 0 Å². The van der Waals surface area contributed by atoms with Gasteiger partial charge in [0, 0.05) is 36.2 Å². The second-order valence-electron chi connectivity index (χ2n) is 6.73. The Balaban J connectivity index is 1.39. The Bertz CT molecular complexity index is 798. The van der Waals surface area contributed by atoms with Crippen LogP contribution in [0.1, 0.15) is 36.6 Å². The minimum absolute atomic E-state index is 0.00295. The molecule has 6 nitrogen and oxygen atoms in total. The summed E-state index contributed by atoms with van der Waals surface area (Å²) in [5, 5.41) is 22.4. The maximum absolute atomic E-state index is 10.1. The number of nitrogens with one attached hydrogen (secondary N) is 1. The molecule has 130 valence electrons. The van der Waals surface area contributed by atoms with Gasteiger partial charge < -0.3 is 10.4 Å². The van der Waals surface area contributed by atoms with Gasteiger partial charge in [-0.3, -0.25) is 9.36 Å². The Morgan fingerprint density at radius 2 is 2.08 bits per heavy atom. The predicted octanol–water partition coefficient (Wildman–Crippen LogP) is 2.15. The molecule has 2 heterocycles. The standard InChI is InChI=1S/C19H23N5O/c1-14(22-17-10-18(25)19(17)24-9-5-8-20-24)16-11-21-23(13-16)12-15-6-3-2-4-7-15/h2-9,11,13-14,17-19,22,25H,10,12H2,1H3/t14?,17-,18+,19+/m0/s1. The molecule has 1 aliphatic carbocycles. The van der Waals surface area contributed by atoms with E-state index in [-0.39, 0.29) is 24.2 Å². The van der Waals surface area contributed by atoms with Gasteiger partial charge in [0.25, 0.3) is 0 Å². The molecule has 3 aromatic rings. The van der Waals surface area contributed by atoms with Crippen LogP contribution in [0.15, 0.2) is 61.2 Å². The molecule has 0 spiro atoms. The number of aromatic nitrogens is 4. The van der Waals surface area contributed by atoms with E-state index in [2.05, 4.69) is 40.8 Å². The first kappa shape index (κ1) is 16.1. The van der Waals surface area contributed by atoms with Crippen LogP contribution in [0, 0.1) is 0 Å². The van der Waals surface area contributed by atoms with E-state index in [1.165, 1.54) is 5.56 Å². The molecule has 0 bridgehead atoms. The molecule has 4 rings (SSSR count). The normalized spacial score (nSPS) is 24.0. The van der Waals surface area contributed by atoms with E-state index < -0.39 is 0 Å². The van der Waals surface area contributed by atoms with Crippen molar-refractivity contribution >= 4 is 0 Å². The van der Waals surface area contributed by atoms with E-state index in [1.807, 2.05) is 46.0 Å². The van der Waals surface area contributed by atoms with E-state index in [0.29, 0.717) is 0 Å². The molecule has 0 saturated heterocycles. The van der Waals surface area contributed by atoms with E-state index >= 15 is 0 Å². The van der Waals surface area contributed by atoms with Crippen LogP contribution in [-0.4, -0.2) is 36.8 Å². The lowest BCUT2D eigenvalue weighted by Crippen LogP contribution is -2.55. The van der Waals surface area contributed by atoms with Gasteiger partial charge in [-0.1, -0.05) is 30.3 Å². The minimum atomic E-state index is -0.342. The van der Waals surface area contributed by atoms with E-state index in [9.17, 15) is 5.11 Å². The summed E-state index contributed by atoms with van der Waals surface area (Å²) < 4.78 is 3.81. The second kappa shape index (κ2) is 6.82. The van der Waals surface area contributed by atoms with Crippen molar-refractivity contribution in [2.75, 3.05) is 0 Å². The highest BCUT2D eigenvalue weighted by atomic mass is 16.3. The zero-order chi connectivity index (χ0) is 17.2. The Hall–Kier alpha value is -2.44. The molecule has 1 unspecified atom stereocenters. The molecule has 0 radical (unpaired) electrons. The van der Waals surface area contributed by atoms with Crippen LogP contribution in [0.4, 0.5) is 0 Å². The summed E-state index contributed by atoms with van der Waals surface area (Å²) in [7, 11) is 0. The zero-order valence-corrected chi connectivity index (χ0v) is 14.2. The van der Waals surface area contributed by atoms with Crippen molar-refractivity contribution in [2.45, 2.75) is 44.1 Å². The van der Waals surface area contributed by atoms with Gasteiger partial charge in [-0.15, -0.1) is 0 Å². The first-order valence-electron chi connectivity index (χ1n) is 8.70.